The minimum absolute atomic E-state index is 0.0969. The number of nitrogens with zero attached hydrogens (tertiary/aromatic N) is 1. The molecule has 1 aromatic rings. The molecule has 0 aromatic heterocycles. The van der Waals surface area contributed by atoms with Crippen molar-refractivity contribution < 1.29 is 9.53 Å². The van der Waals surface area contributed by atoms with E-state index < -0.39 is 0 Å². The molecule has 1 amide bonds. The van der Waals surface area contributed by atoms with Gasteiger partial charge in [-0.2, -0.15) is 0 Å². The highest BCUT2D eigenvalue weighted by Crippen LogP contribution is 2.21. The van der Waals surface area contributed by atoms with E-state index in [1.807, 2.05) is 30.0 Å². The van der Waals surface area contributed by atoms with Gasteiger partial charge >= 0.3 is 0 Å². The Morgan fingerprint density at radius 1 is 1.58 bits per heavy atom. The number of hydrogen-bond donors (Lipinski definition) is 2. The first-order chi connectivity index (χ1) is 9.15. The molecule has 2 rings (SSSR count). The van der Waals surface area contributed by atoms with Gasteiger partial charge in [-0.05, 0) is 37.1 Å². The van der Waals surface area contributed by atoms with Gasteiger partial charge < -0.3 is 15.1 Å². The van der Waals surface area contributed by atoms with Gasteiger partial charge in [0, 0.05) is 37.4 Å². The van der Waals surface area contributed by atoms with Gasteiger partial charge in [0.15, 0.2) is 0 Å². The number of hydrazine groups is 1. The molecule has 0 saturated carbocycles. The number of benzene rings is 1. The van der Waals surface area contributed by atoms with E-state index in [1.54, 1.807) is 7.11 Å². The molecule has 0 bridgehead atoms. The first-order valence-electron chi connectivity index (χ1n) is 6.51. The third kappa shape index (κ3) is 3.05. The van der Waals surface area contributed by atoms with Crippen molar-refractivity contribution in [3.8, 4) is 0 Å². The van der Waals surface area contributed by atoms with Crippen LogP contribution >= 0.6 is 0 Å². The number of carbonyl (C=O) groups is 1. The van der Waals surface area contributed by atoms with Gasteiger partial charge in [0.2, 0.25) is 0 Å². The lowest BCUT2D eigenvalue weighted by Crippen LogP contribution is -2.29. The Hall–Kier alpha value is -1.59. The number of likely N-dealkylation sites (tertiary alicyclic amines) is 1. The Morgan fingerprint density at radius 3 is 3.00 bits per heavy atom. The van der Waals surface area contributed by atoms with E-state index in [0.29, 0.717) is 5.92 Å². The number of ether oxygens (including phenoxy) is 1. The fourth-order valence-corrected chi connectivity index (χ4v) is 2.55. The zero-order valence-corrected chi connectivity index (χ0v) is 11.5. The summed E-state index contributed by atoms with van der Waals surface area (Å²) in [6.07, 6.45) is 1.01. The van der Waals surface area contributed by atoms with Gasteiger partial charge in [-0.3, -0.25) is 10.6 Å². The lowest BCUT2D eigenvalue weighted by molar-refractivity contribution is 0.0775. The summed E-state index contributed by atoms with van der Waals surface area (Å²) in [5.74, 6) is 5.91. The fraction of sp³-hybridized carbons (Fsp3) is 0.500. The molecule has 104 valence electrons. The first kappa shape index (κ1) is 13.8. The summed E-state index contributed by atoms with van der Waals surface area (Å²) >= 11 is 0. The second kappa shape index (κ2) is 6.04. The van der Waals surface area contributed by atoms with Crippen molar-refractivity contribution in [1.29, 1.82) is 0 Å². The number of nitrogens with one attached hydrogen (secondary N) is 1. The maximum atomic E-state index is 12.5. The molecule has 1 aliphatic heterocycles. The summed E-state index contributed by atoms with van der Waals surface area (Å²) in [5, 5.41) is 0. The van der Waals surface area contributed by atoms with Crippen molar-refractivity contribution in [2.45, 2.75) is 13.3 Å². The van der Waals surface area contributed by atoms with Crippen molar-refractivity contribution in [2.24, 2.45) is 11.8 Å². The van der Waals surface area contributed by atoms with Crippen molar-refractivity contribution in [3.05, 3.63) is 29.3 Å². The SMILES string of the molecule is COCC1CCN(C(=O)c2ccc(NN)cc2C)C1. The van der Waals surface area contributed by atoms with Crippen LogP contribution in [0.3, 0.4) is 0 Å². The van der Waals surface area contributed by atoms with Crippen molar-refractivity contribution >= 4 is 11.6 Å². The number of aryl methyl sites for hydroxylation is 1. The smallest absolute Gasteiger partial charge is 0.254 e. The summed E-state index contributed by atoms with van der Waals surface area (Å²) < 4.78 is 5.15. The largest absolute Gasteiger partial charge is 0.384 e. The predicted octanol–water partition coefficient (Wildman–Crippen LogP) is 1.39. The number of rotatable bonds is 4. The number of methoxy groups -OCH3 is 1. The standard InChI is InChI=1S/C14H21N3O2/c1-10-7-12(16-15)3-4-13(10)14(18)17-6-5-11(8-17)9-19-2/h3-4,7,11,16H,5-6,8-9,15H2,1-2H3. The van der Waals surface area contributed by atoms with Crippen LogP contribution in [0.2, 0.25) is 0 Å². The van der Waals surface area contributed by atoms with Crippen LogP contribution in [0, 0.1) is 12.8 Å². The highest BCUT2D eigenvalue weighted by Gasteiger charge is 2.27. The van der Waals surface area contributed by atoms with Crippen LogP contribution < -0.4 is 11.3 Å². The van der Waals surface area contributed by atoms with E-state index in [0.717, 1.165) is 42.9 Å². The topological polar surface area (TPSA) is 67.6 Å². The molecule has 3 N–H and O–H groups in total. The summed E-state index contributed by atoms with van der Waals surface area (Å²) in [6.45, 7) is 4.24. The molecule has 1 unspecified atom stereocenters. The number of anilines is 1. The molecule has 0 spiro atoms. The Morgan fingerprint density at radius 2 is 2.37 bits per heavy atom. The van der Waals surface area contributed by atoms with Crippen LogP contribution in [-0.2, 0) is 4.74 Å². The van der Waals surface area contributed by atoms with Gasteiger partial charge in [0.25, 0.3) is 5.91 Å². The zero-order chi connectivity index (χ0) is 13.8. The molecule has 5 heteroatoms. The first-order valence-corrected chi connectivity index (χ1v) is 6.51. The van der Waals surface area contributed by atoms with Crippen LogP contribution in [0.5, 0.6) is 0 Å². The van der Waals surface area contributed by atoms with Gasteiger partial charge in [-0.1, -0.05) is 0 Å². The Bertz CT molecular complexity index is 462. The van der Waals surface area contributed by atoms with Crippen LogP contribution in [0.1, 0.15) is 22.3 Å². The van der Waals surface area contributed by atoms with E-state index in [1.165, 1.54) is 0 Å². The molecule has 1 saturated heterocycles. The summed E-state index contributed by atoms with van der Waals surface area (Å²) in [6, 6.07) is 5.54. The van der Waals surface area contributed by atoms with E-state index in [-0.39, 0.29) is 5.91 Å². The highest BCUT2D eigenvalue weighted by atomic mass is 16.5. The second-order valence-corrected chi connectivity index (χ2v) is 5.04. The highest BCUT2D eigenvalue weighted by molar-refractivity contribution is 5.96. The lowest BCUT2D eigenvalue weighted by Gasteiger charge is -2.18. The number of carbonyl (C=O) groups excluding carboxylic acids is 1. The lowest BCUT2D eigenvalue weighted by atomic mass is 10.1. The number of nitrogen functional groups attached to an aromatic ring is 1. The van der Waals surface area contributed by atoms with Crippen LogP contribution in [-0.4, -0.2) is 37.6 Å². The van der Waals surface area contributed by atoms with Crippen LogP contribution in [0.15, 0.2) is 18.2 Å². The number of hydrogen-bond acceptors (Lipinski definition) is 4. The third-order valence-corrected chi connectivity index (χ3v) is 3.60. The molecular weight excluding hydrogens is 242 g/mol. The van der Waals surface area contributed by atoms with Crippen LogP contribution in [0.4, 0.5) is 5.69 Å². The molecule has 0 aliphatic carbocycles. The minimum Gasteiger partial charge on any atom is -0.384 e. The van der Waals surface area contributed by atoms with Crippen LogP contribution in [0.25, 0.3) is 0 Å². The van der Waals surface area contributed by atoms with E-state index >= 15 is 0 Å². The Kier molecular flexibility index (Phi) is 4.39. The quantitative estimate of drug-likeness (QED) is 0.636. The monoisotopic (exact) mass is 263 g/mol. The van der Waals surface area contributed by atoms with Gasteiger partial charge in [-0.15, -0.1) is 0 Å². The van der Waals surface area contributed by atoms with Gasteiger partial charge in [0.1, 0.15) is 0 Å². The zero-order valence-electron chi connectivity index (χ0n) is 11.5. The average Bonchev–Trinajstić information content (AvgIpc) is 2.87. The molecule has 1 aliphatic rings. The average molecular weight is 263 g/mol. The van der Waals surface area contributed by atoms with Crippen molar-refractivity contribution in [2.75, 3.05) is 32.2 Å². The Labute approximate surface area is 113 Å². The summed E-state index contributed by atoms with van der Waals surface area (Å²) in [4.78, 5) is 14.4. The molecule has 1 atom stereocenters. The molecule has 19 heavy (non-hydrogen) atoms. The van der Waals surface area contributed by atoms with E-state index in [2.05, 4.69) is 5.43 Å². The maximum Gasteiger partial charge on any atom is 0.254 e. The fourth-order valence-electron chi connectivity index (χ4n) is 2.55. The van der Waals surface area contributed by atoms with E-state index in [4.69, 9.17) is 10.6 Å². The number of amides is 1. The number of nitrogens with two attached hydrogens (primary N) is 1. The molecule has 5 nitrogen and oxygen atoms in total. The van der Waals surface area contributed by atoms with Gasteiger partial charge in [-0.25, -0.2) is 0 Å². The normalized spacial score (nSPS) is 18.7. The molecule has 1 aromatic carbocycles. The van der Waals surface area contributed by atoms with E-state index in [9.17, 15) is 4.79 Å². The second-order valence-electron chi connectivity index (χ2n) is 5.04. The predicted molar refractivity (Wildman–Crippen MR) is 74.9 cm³/mol. The Balaban J connectivity index is 2.08. The molecule has 0 radical (unpaired) electrons. The molecular formula is C14H21N3O2. The third-order valence-electron chi connectivity index (χ3n) is 3.60. The summed E-state index contributed by atoms with van der Waals surface area (Å²) in [7, 11) is 1.70. The maximum absolute atomic E-state index is 12.5. The molecule has 1 heterocycles. The molecule has 1 fully saturated rings. The van der Waals surface area contributed by atoms with Crippen molar-refractivity contribution in [3.63, 3.8) is 0 Å². The summed E-state index contributed by atoms with van der Waals surface area (Å²) in [5.41, 5.74) is 5.09. The van der Waals surface area contributed by atoms with Crippen molar-refractivity contribution in [1.82, 2.24) is 4.90 Å². The van der Waals surface area contributed by atoms with Gasteiger partial charge in [0.05, 0.1) is 6.61 Å². The minimum atomic E-state index is 0.0969.